The highest BCUT2D eigenvalue weighted by atomic mass is 16.1. The first-order valence-electron chi connectivity index (χ1n) is 15.7. The molecule has 7 nitrogen and oxygen atoms in total. The number of rotatable bonds is 8. The lowest BCUT2D eigenvalue weighted by molar-refractivity contribution is 0.102. The minimum Gasteiger partial charge on any atom is -0.371 e. The van der Waals surface area contributed by atoms with Crippen LogP contribution in [0.4, 0.5) is 5.69 Å². The van der Waals surface area contributed by atoms with Crippen LogP contribution in [0.3, 0.4) is 0 Å². The van der Waals surface area contributed by atoms with Crippen LogP contribution in [0, 0.1) is 0 Å². The van der Waals surface area contributed by atoms with Gasteiger partial charge in [-0.05, 0) is 78.7 Å². The SMILES string of the molecule is CCCC1CN(C2=CNCN=C2)Cc2cc(C(=O)Nc3cc(CN4CCN(C)CC4)cc(C4CCCC4)c3)ccc21. The molecule has 6 rings (SSSR count). The number of fused-ring (bicyclic) bond motifs is 1. The van der Waals surface area contributed by atoms with Crippen LogP contribution in [0.2, 0.25) is 0 Å². The van der Waals surface area contributed by atoms with Crippen molar-refractivity contribution in [2.75, 3.05) is 51.8 Å². The van der Waals surface area contributed by atoms with Gasteiger partial charge in [0, 0.05) is 75.4 Å². The average molecular weight is 555 g/mol. The minimum absolute atomic E-state index is 0.0220. The minimum atomic E-state index is -0.0220. The summed E-state index contributed by atoms with van der Waals surface area (Å²) in [5, 5.41) is 6.55. The van der Waals surface area contributed by atoms with Gasteiger partial charge in [-0.15, -0.1) is 0 Å². The van der Waals surface area contributed by atoms with Crippen molar-refractivity contribution in [3.05, 3.63) is 76.1 Å². The molecule has 218 valence electrons. The van der Waals surface area contributed by atoms with Crippen LogP contribution < -0.4 is 10.6 Å². The van der Waals surface area contributed by atoms with Crippen LogP contribution in [0.1, 0.15) is 89.9 Å². The van der Waals surface area contributed by atoms with Gasteiger partial charge in [-0.1, -0.05) is 38.3 Å². The molecule has 1 atom stereocenters. The molecule has 0 radical (unpaired) electrons. The number of hydrogen-bond donors (Lipinski definition) is 2. The number of nitrogens with zero attached hydrogens (tertiary/aromatic N) is 4. The van der Waals surface area contributed by atoms with E-state index in [4.69, 9.17) is 0 Å². The van der Waals surface area contributed by atoms with Crippen molar-refractivity contribution in [1.29, 1.82) is 0 Å². The molecule has 1 saturated heterocycles. The second-order valence-electron chi connectivity index (χ2n) is 12.5. The fraction of sp³-hybridized carbons (Fsp3) is 0.529. The number of anilines is 1. The number of carbonyl (C=O) groups is 1. The molecule has 1 unspecified atom stereocenters. The Morgan fingerprint density at radius 1 is 1.07 bits per heavy atom. The number of nitrogens with one attached hydrogen (secondary N) is 2. The summed E-state index contributed by atoms with van der Waals surface area (Å²) in [5.41, 5.74) is 8.13. The number of hydrogen-bond acceptors (Lipinski definition) is 6. The third kappa shape index (κ3) is 6.68. The van der Waals surface area contributed by atoms with Crippen LogP contribution in [0.25, 0.3) is 0 Å². The van der Waals surface area contributed by atoms with E-state index in [0.717, 1.165) is 75.6 Å². The Labute approximate surface area is 245 Å². The summed E-state index contributed by atoms with van der Waals surface area (Å²) < 4.78 is 0. The van der Waals surface area contributed by atoms with Gasteiger partial charge in [-0.25, -0.2) is 0 Å². The zero-order valence-corrected chi connectivity index (χ0v) is 24.9. The van der Waals surface area contributed by atoms with Crippen molar-refractivity contribution in [1.82, 2.24) is 20.0 Å². The van der Waals surface area contributed by atoms with Crippen LogP contribution in [-0.4, -0.2) is 73.3 Å². The largest absolute Gasteiger partial charge is 0.371 e. The molecule has 1 amide bonds. The molecule has 2 aromatic carbocycles. The molecular formula is C34H46N6O. The molecule has 3 heterocycles. The van der Waals surface area contributed by atoms with E-state index in [1.807, 2.05) is 12.3 Å². The van der Waals surface area contributed by atoms with E-state index >= 15 is 0 Å². The van der Waals surface area contributed by atoms with Crippen molar-refractivity contribution in [3.63, 3.8) is 0 Å². The van der Waals surface area contributed by atoms with Crippen molar-refractivity contribution in [3.8, 4) is 0 Å². The predicted octanol–water partition coefficient (Wildman–Crippen LogP) is 5.52. The van der Waals surface area contributed by atoms with E-state index in [-0.39, 0.29) is 5.91 Å². The van der Waals surface area contributed by atoms with Gasteiger partial charge in [-0.2, -0.15) is 0 Å². The van der Waals surface area contributed by atoms with Crippen LogP contribution in [-0.2, 0) is 13.1 Å². The highest BCUT2D eigenvalue weighted by molar-refractivity contribution is 6.04. The van der Waals surface area contributed by atoms with Gasteiger partial charge in [-0.3, -0.25) is 14.7 Å². The first kappa shape index (κ1) is 28.0. The van der Waals surface area contributed by atoms with Crippen molar-refractivity contribution >= 4 is 17.8 Å². The third-order valence-corrected chi connectivity index (χ3v) is 9.41. The van der Waals surface area contributed by atoms with Gasteiger partial charge >= 0.3 is 0 Å². The van der Waals surface area contributed by atoms with E-state index in [1.54, 1.807) is 0 Å². The van der Waals surface area contributed by atoms with E-state index in [0.29, 0.717) is 18.5 Å². The topological polar surface area (TPSA) is 63.2 Å². The Morgan fingerprint density at radius 3 is 2.66 bits per heavy atom. The number of aliphatic imine (C=N–C) groups is 1. The summed E-state index contributed by atoms with van der Waals surface area (Å²) in [6.45, 7) is 10.0. The van der Waals surface area contributed by atoms with Gasteiger partial charge in [0.25, 0.3) is 5.91 Å². The van der Waals surface area contributed by atoms with E-state index < -0.39 is 0 Å². The zero-order chi connectivity index (χ0) is 28.2. The van der Waals surface area contributed by atoms with Crippen molar-refractivity contribution in [2.45, 2.75) is 70.4 Å². The van der Waals surface area contributed by atoms with Crippen LogP contribution >= 0.6 is 0 Å². The fourth-order valence-corrected chi connectivity index (χ4v) is 7.11. The molecule has 41 heavy (non-hydrogen) atoms. The number of piperazine rings is 1. The van der Waals surface area contributed by atoms with Gasteiger partial charge in [0.2, 0.25) is 0 Å². The molecule has 7 heteroatoms. The number of carbonyl (C=O) groups excluding carboxylic acids is 1. The van der Waals surface area contributed by atoms with E-state index in [1.165, 1.54) is 47.9 Å². The summed E-state index contributed by atoms with van der Waals surface area (Å²) in [6.07, 6.45) is 11.4. The molecule has 1 aliphatic carbocycles. The number of allylic oxidation sites excluding steroid dienone is 1. The molecule has 2 aromatic rings. The van der Waals surface area contributed by atoms with Crippen LogP contribution in [0.15, 0.2) is 53.3 Å². The Kier molecular flexibility index (Phi) is 8.73. The van der Waals surface area contributed by atoms with Crippen LogP contribution in [0.5, 0.6) is 0 Å². The summed E-state index contributed by atoms with van der Waals surface area (Å²) in [7, 11) is 2.20. The van der Waals surface area contributed by atoms with E-state index in [2.05, 4.69) is 80.8 Å². The number of likely N-dealkylation sites (N-methyl/N-ethyl adjacent to an activating group) is 1. The summed E-state index contributed by atoms with van der Waals surface area (Å²) >= 11 is 0. The van der Waals surface area contributed by atoms with Crippen molar-refractivity contribution < 1.29 is 4.79 Å². The first-order valence-corrected chi connectivity index (χ1v) is 15.7. The highest BCUT2D eigenvalue weighted by Gasteiger charge is 2.27. The average Bonchev–Trinajstić information content (AvgIpc) is 3.54. The normalized spacial score (nSPS) is 21.9. The lowest BCUT2D eigenvalue weighted by Crippen LogP contribution is -2.43. The molecule has 0 aromatic heterocycles. The van der Waals surface area contributed by atoms with Gasteiger partial charge in [0.05, 0.1) is 5.70 Å². The lowest BCUT2D eigenvalue weighted by Gasteiger charge is -2.37. The third-order valence-electron chi connectivity index (χ3n) is 9.41. The smallest absolute Gasteiger partial charge is 0.255 e. The first-order chi connectivity index (χ1) is 20.1. The summed E-state index contributed by atoms with van der Waals surface area (Å²) in [4.78, 5) is 25.4. The maximum Gasteiger partial charge on any atom is 0.255 e. The lowest BCUT2D eigenvalue weighted by atomic mass is 9.85. The quantitative estimate of drug-likeness (QED) is 0.450. The maximum atomic E-state index is 13.7. The molecule has 3 aliphatic heterocycles. The maximum absolute atomic E-state index is 13.7. The predicted molar refractivity (Wildman–Crippen MR) is 167 cm³/mol. The van der Waals surface area contributed by atoms with Gasteiger partial charge in [0.15, 0.2) is 0 Å². The summed E-state index contributed by atoms with van der Waals surface area (Å²) in [5.74, 6) is 1.04. The Hall–Kier alpha value is -3.16. The van der Waals surface area contributed by atoms with Crippen molar-refractivity contribution in [2.24, 2.45) is 4.99 Å². The molecule has 4 aliphatic rings. The van der Waals surface area contributed by atoms with Gasteiger partial charge in [0.1, 0.15) is 6.67 Å². The monoisotopic (exact) mass is 554 g/mol. The second-order valence-corrected chi connectivity index (χ2v) is 12.5. The molecule has 0 spiro atoms. The highest BCUT2D eigenvalue weighted by Crippen LogP contribution is 2.37. The molecule has 0 bridgehead atoms. The molecular weight excluding hydrogens is 508 g/mol. The molecule has 1 saturated carbocycles. The number of amides is 1. The Balaban J connectivity index is 1.22. The van der Waals surface area contributed by atoms with Gasteiger partial charge < -0.3 is 20.4 Å². The summed E-state index contributed by atoms with van der Waals surface area (Å²) in [6, 6.07) is 13.2. The molecule has 2 N–H and O–H groups in total. The fourth-order valence-electron chi connectivity index (χ4n) is 7.11. The standard InChI is InChI=1S/C34H46N6O/c1-3-6-28-22-40(32-19-35-24-36-20-32)23-30-17-27(9-10-33(28)30)34(41)37-31-16-25(21-39-13-11-38(2)12-14-39)15-29(18-31)26-7-4-5-8-26/h9-10,15-20,26,28,35H,3-8,11-14,21-24H2,1-2H3,(H,37,41). The number of benzene rings is 2. The zero-order valence-electron chi connectivity index (χ0n) is 24.9. The van der Waals surface area contributed by atoms with E-state index in [9.17, 15) is 4.79 Å². The molecule has 2 fully saturated rings. The Morgan fingerprint density at radius 2 is 1.90 bits per heavy atom. The Bertz CT molecular complexity index is 1290. The second kappa shape index (κ2) is 12.8.